The molecular formula is C17H33N3O. The Hall–Kier alpha value is -0.610. The van der Waals surface area contributed by atoms with Crippen molar-refractivity contribution in [2.75, 3.05) is 33.2 Å². The van der Waals surface area contributed by atoms with Crippen LogP contribution in [0.15, 0.2) is 0 Å². The molecule has 2 N–H and O–H groups in total. The van der Waals surface area contributed by atoms with Crippen molar-refractivity contribution in [1.82, 2.24) is 15.5 Å². The van der Waals surface area contributed by atoms with Gasteiger partial charge in [0.15, 0.2) is 0 Å². The Morgan fingerprint density at radius 2 is 1.71 bits per heavy atom. The van der Waals surface area contributed by atoms with Gasteiger partial charge in [-0.25, -0.2) is 0 Å². The molecule has 2 aliphatic rings. The molecular weight excluding hydrogens is 262 g/mol. The summed E-state index contributed by atoms with van der Waals surface area (Å²) in [7, 11) is 1.90. The van der Waals surface area contributed by atoms with Gasteiger partial charge >= 0.3 is 0 Å². The van der Waals surface area contributed by atoms with Crippen LogP contribution in [0.2, 0.25) is 0 Å². The highest BCUT2D eigenvalue weighted by Gasteiger charge is 2.38. The van der Waals surface area contributed by atoms with E-state index in [1.165, 1.54) is 64.5 Å². The Kier molecular flexibility index (Phi) is 6.49. The number of amides is 1. The van der Waals surface area contributed by atoms with Crippen LogP contribution in [0.5, 0.6) is 0 Å². The molecule has 1 amide bonds. The van der Waals surface area contributed by atoms with E-state index in [0.717, 1.165) is 13.1 Å². The Bertz CT molecular complexity index is 320. The summed E-state index contributed by atoms with van der Waals surface area (Å²) in [6, 6.07) is 0. The molecule has 4 heteroatoms. The molecule has 122 valence electrons. The van der Waals surface area contributed by atoms with Crippen molar-refractivity contribution in [3.63, 3.8) is 0 Å². The highest BCUT2D eigenvalue weighted by molar-refractivity contribution is 5.78. The number of rotatable bonds is 6. The second-order valence-corrected chi connectivity index (χ2v) is 7.01. The number of carbonyl (C=O) groups excluding carboxylic acids is 1. The molecule has 0 aromatic rings. The lowest BCUT2D eigenvalue weighted by Gasteiger charge is -2.48. The summed E-state index contributed by atoms with van der Waals surface area (Å²) < 4.78 is 0. The molecule has 1 heterocycles. The van der Waals surface area contributed by atoms with Crippen molar-refractivity contribution in [1.29, 1.82) is 0 Å². The van der Waals surface area contributed by atoms with Crippen LogP contribution < -0.4 is 10.6 Å². The van der Waals surface area contributed by atoms with E-state index in [4.69, 9.17) is 0 Å². The summed E-state index contributed by atoms with van der Waals surface area (Å²) in [6.07, 6.45) is 10.5. The van der Waals surface area contributed by atoms with Gasteiger partial charge in [0.2, 0.25) is 5.91 Å². The lowest BCUT2D eigenvalue weighted by molar-refractivity contribution is -0.125. The van der Waals surface area contributed by atoms with Crippen molar-refractivity contribution >= 4 is 5.91 Å². The summed E-state index contributed by atoms with van der Waals surface area (Å²) in [6.45, 7) is 6.05. The Balaban J connectivity index is 1.94. The number of carbonyl (C=O) groups is 1. The van der Waals surface area contributed by atoms with Gasteiger partial charge in [-0.3, -0.25) is 9.69 Å². The molecule has 0 spiro atoms. The number of nitrogens with one attached hydrogen (secondary N) is 2. The molecule has 2 rings (SSSR count). The topological polar surface area (TPSA) is 44.4 Å². The zero-order valence-electron chi connectivity index (χ0n) is 13.9. The molecule has 0 bridgehead atoms. The van der Waals surface area contributed by atoms with Gasteiger partial charge < -0.3 is 10.6 Å². The first-order valence-corrected chi connectivity index (χ1v) is 8.85. The first kappa shape index (κ1) is 16.8. The Morgan fingerprint density at radius 3 is 2.33 bits per heavy atom. The van der Waals surface area contributed by atoms with E-state index in [1.54, 1.807) is 0 Å². The third-order valence-corrected chi connectivity index (χ3v) is 5.36. The second kappa shape index (κ2) is 8.14. The van der Waals surface area contributed by atoms with E-state index in [1.807, 2.05) is 14.0 Å². The lowest BCUT2D eigenvalue weighted by atomic mass is 9.79. The van der Waals surface area contributed by atoms with Gasteiger partial charge in [-0.05, 0) is 45.8 Å². The van der Waals surface area contributed by atoms with Gasteiger partial charge in [0.25, 0.3) is 0 Å². The van der Waals surface area contributed by atoms with Gasteiger partial charge in [0.05, 0.1) is 0 Å². The van der Waals surface area contributed by atoms with Crippen LogP contribution >= 0.6 is 0 Å². The number of nitrogens with zero attached hydrogens (tertiary/aromatic N) is 1. The van der Waals surface area contributed by atoms with Crippen molar-refractivity contribution in [3.05, 3.63) is 0 Å². The molecule has 0 radical (unpaired) electrons. The van der Waals surface area contributed by atoms with E-state index in [9.17, 15) is 4.79 Å². The molecule has 1 aliphatic heterocycles. The maximum absolute atomic E-state index is 12.2. The maximum Gasteiger partial charge on any atom is 0.224 e. The highest BCUT2D eigenvalue weighted by atomic mass is 16.1. The fraction of sp³-hybridized carbons (Fsp3) is 0.941. The lowest BCUT2D eigenvalue weighted by Crippen LogP contribution is -2.58. The van der Waals surface area contributed by atoms with Crippen LogP contribution in [-0.2, 0) is 4.79 Å². The third kappa shape index (κ3) is 4.43. The molecule has 21 heavy (non-hydrogen) atoms. The van der Waals surface area contributed by atoms with Crippen LogP contribution in [0.3, 0.4) is 0 Å². The minimum atomic E-state index is 0.0528. The van der Waals surface area contributed by atoms with Crippen molar-refractivity contribution in [2.45, 2.75) is 63.8 Å². The normalized spacial score (nSPS) is 24.5. The summed E-state index contributed by atoms with van der Waals surface area (Å²) in [4.78, 5) is 14.9. The molecule has 1 saturated heterocycles. The number of likely N-dealkylation sites (tertiary alicyclic amines) is 1. The maximum atomic E-state index is 12.2. The minimum absolute atomic E-state index is 0.0528. The third-order valence-electron chi connectivity index (χ3n) is 5.36. The molecule has 0 aromatic heterocycles. The van der Waals surface area contributed by atoms with E-state index >= 15 is 0 Å². The molecule has 2 fully saturated rings. The van der Waals surface area contributed by atoms with Crippen LogP contribution in [-0.4, -0.2) is 49.6 Å². The van der Waals surface area contributed by atoms with Gasteiger partial charge in [-0.15, -0.1) is 0 Å². The van der Waals surface area contributed by atoms with E-state index in [-0.39, 0.29) is 17.4 Å². The molecule has 0 aromatic carbocycles. The number of hydrogen-bond acceptors (Lipinski definition) is 3. The zero-order valence-corrected chi connectivity index (χ0v) is 13.9. The second-order valence-electron chi connectivity index (χ2n) is 7.01. The monoisotopic (exact) mass is 295 g/mol. The van der Waals surface area contributed by atoms with Crippen molar-refractivity contribution < 1.29 is 4.79 Å². The largest absolute Gasteiger partial charge is 0.354 e. The highest BCUT2D eigenvalue weighted by Crippen LogP contribution is 2.35. The number of piperidine rings is 1. The van der Waals surface area contributed by atoms with Gasteiger partial charge in [0, 0.05) is 24.5 Å². The average Bonchev–Trinajstić information content (AvgIpc) is 2.54. The van der Waals surface area contributed by atoms with E-state index in [2.05, 4.69) is 15.5 Å². The smallest absolute Gasteiger partial charge is 0.224 e. The summed E-state index contributed by atoms with van der Waals surface area (Å²) >= 11 is 0. The van der Waals surface area contributed by atoms with Crippen LogP contribution in [0.1, 0.15) is 58.3 Å². The van der Waals surface area contributed by atoms with Crippen LogP contribution in [0, 0.1) is 5.92 Å². The molecule has 1 aliphatic carbocycles. The van der Waals surface area contributed by atoms with E-state index < -0.39 is 0 Å². The van der Waals surface area contributed by atoms with Crippen LogP contribution in [0.25, 0.3) is 0 Å². The van der Waals surface area contributed by atoms with Crippen LogP contribution in [0.4, 0.5) is 0 Å². The van der Waals surface area contributed by atoms with Gasteiger partial charge in [0.1, 0.15) is 0 Å². The standard InChI is InChI=1S/C17H33N3O/c1-15(13-18-2)16(21)19-14-17(9-5-3-6-10-17)20-11-7-4-8-12-20/h15,18H,3-14H2,1-2H3,(H,19,21). The van der Waals surface area contributed by atoms with E-state index in [0.29, 0.717) is 0 Å². The number of hydrogen-bond donors (Lipinski definition) is 2. The molecule has 1 atom stereocenters. The summed E-state index contributed by atoms with van der Waals surface area (Å²) in [5.74, 6) is 0.253. The minimum Gasteiger partial charge on any atom is -0.354 e. The predicted octanol–water partition coefficient (Wildman–Crippen LogP) is 2.15. The van der Waals surface area contributed by atoms with Gasteiger partial charge in [-0.2, -0.15) is 0 Å². The summed E-state index contributed by atoms with van der Waals surface area (Å²) in [5.41, 5.74) is 0.244. The predicted molar refractivity (Wildman–Crippen MR) is 87.3 cm³/mol. The quantitative estimate of drug-likeness (QED) is 0.789. The van der Waals surface area contributed by atoms with Crippen molar-refractivity contribution in [2.24, 2.45) is 5.92 Å². The summed E-state index contributed by atoms with van der Waals surface area (Å²) in [5, 5.41) is 6.34. The molecule has 4 nitrogen and oxygen atoms in total. The molecule has 1 saturated carbocycles. The Morgan fingerprint density at radius 1 is 1.10 bits per heavy atom. The Labute approximate surface area is 130 Å². The fourth-order valence-electron chi connectivity index (χ4n) is 4.01. The van der Waals surface area contributed by atoms with Gasteiger partial charge in [-0.1, -0.05) is 32.6 Å². The average molecular weight is 295 g/mol. The zero-order chi connectivity index (χ0) is 15.1. The SMILES string of the molecule is CNCC(C)C(=O)NCC1(N2CCCCC2)CCCCC1. The molecule has 1 unspecified atom stereocenters. The first-order valence-electron chi connectivity index (χ1n) is 8.85. The first-order chi connectivity index (χ1) is 10.2. The fourth-order valence-corrected chi connectivity index (χ4v) is 4.01. The van der Waals surface area contributed by atoms with Crippen molar-refractivity contribution in [3.8, 4) is 0 Å².